The predicted octanol–water partition coefficient (Wildman–Crippen LogP) is 1.50. The highest BCUT2D eigenvalue weighted by Gasteiger charge is 2.28. The highest BCUT2D eigenvalue weighted by atomic mass is 19.1. The third kappa shape index (κ3) is 6.30. The number of allylic oxidation sites excluding steroid dienone is 1. The third-order valence-corrected chi connectivity index (χ3v) is 6.28. The topological polar surface area (TPSA) is 166 Å². The summed E-state index contributed by atoms with van der Waals surface area (Å²) >= 11 is 0. The molecule has 1 aliphatic heterocycles. The number of carbonyl (C=O) groups excluding carboxylic acids is 2. The van der Waals surface area contributed by atoms with Crippen molar-refractivity contribution in [2.75, 3.05) is 18.0 Å². The van der Waals surface area contributed by atoms with Crippen molar-refractivity contribution < 1.29 is 23.9 Å². The summed E-state index contributed by atoms with van der Waals surface area (Å²) in [6.45, 7) is 4.04. The molecule has 2 heterocycles. The zero-order valence-electron chi connectivity index (χ0n) is 21.2. The number of hydrogen-bond acceptors (Lipinski definition) is 8. The molecular formula is C26H25FN8O4. The number of terminal acetylenes is 1. The van der Waals surface area contributed by atoms with E-state index in [9.17, 15) is 19.5 Å². The first kappa shape index (κ1) is 27.1. The van der Waals surface area contributed by atoms with Crippen LogP contribution in [0.4, 0.5) is 10.1 Å². The van der Waals surface area contributed by atoms with Crippen molar-refractivity contribution in [1.82, 2.24) is 25.9 Å². The number of amides is 2. The average Bonchev–Trinajstić information content (AvgIpc) is 3.40. The van der Waals surface area contributed by atoms with Gasteiger partial charge in [0.1, 0.15) is 17.7 Å². The number of amidine groups is 1. The summed E-state index contributed by atoms with van der Waals surface area (Å²) in [5, 5.41) is 25.0. The van der Waals surface area contributed by atoms with Crippen LogP contribution in [0.5, 0.6) is 0 Å². The van der Waals surface area contributed by atoms with Crippen molar-refractivity contribution >= 4 is 35.0 Å². The number of hydrogen-bond donors (Lipinski definition) is 3. The molecule has 1 aromatic carbocycles. The monoisotopic (exact) mass is 532 g/mol. The van der Waals surface area contributed by atoms with Gasteiger partial charge in [0.15, 0.2) is 5.82 Å². The van der Waals surface area contributed by atoms with Crippen LogP contribution in [0, 0.1) is 24.1 Å². The van der Waals surface area contributed by atoms with Crippen molar-refractivity contribution in [3.8, 4) is 12.3 Å². The van der Waals surface area contributed by atoms with Gasteiger partial charge in [-0.05, 0) is 44.5 Å². The number of carboxylic acids is 1. The number of rotatable bonds is 10. The molecule has 1 unspecified atom stereocenters. The van der Waals surface area contributed by atoms with E-state index >= 15 is 4.39 Å². The lowest BCUT2D eigenvalue weighted by Gasteiger charge is -2.30. The van der Waals surface area contributed by atoms with E-state index in [0.717, 1.165) is 5.57 Å². The van der Waals surface area contributed by atoms with Crippen LogP contribution in [0.15, 0.2) is 51.5 Å². The van der Waals surface area contributed by atoms with Gasteiger partial charge >= 0.3 is 5.97 Å². The number of tetrazole rings is 1. The first-order valence-electron chi connectivity index (χ1n) is 12.0. The molecule has 200 valence electrons. The number of aliphatic imine (C=N–C) groups is 2. The molecule has 1 aliphatic carbocycles. The first-order valence-corrected chi connectivity index (χ1v) is 12.0. The molecule has 0 saturated carbocycles. The molecule has 0 bridgehead atoms. The summed E-state index contributed by atoms with van der Waals surface area (Å²) in [6, 6.07) is 2.69. The summed E-state index contributed by atoms with van der Waals surface area (Å²) in [4.78, 5) is 46.7. The van der Waals surface area contributed by atoms with Crippen molar-refractivity contribution in [3.63, 3.8) is 0 Å². The summed E-state index contributed by atoms with van der Waals surface area (Å²) in [7, 11) is 0. The average molecular weight is 533 g/mol. The van der Waals surface area contributed by atoms with E-state index in [-0.39, 0.29) is 42.6 Å². The number of aliphatic carboxylic acids is 1. The number of carboxylic acid groups (broad SMARTS) is 1. The molecule has 2 atom stereocenters. The smallest absolute Gasteiger partial charge is 0.326 e. The predicted molar refractivity (Wildman–Crippen MR) is 140 cm³/mol. The van der Waals surface area contributed by atoms with Crippen LogP contribution in [0.3, 0.4) is 0 Å². The molecule has 12 nitrogen and oxygen atoms in total. The van der Waals surface area contributed by atoms with Gasteiger partial charge in [0.25, 0.3) is 11.8 Å². The van der Waals surface area contributed by atoms with Gasteiger partial charge in [0.2, 0.25) is 0 Å². The lowest BCUT2D eigenvalue weighted by Crippen LogP contribution is -2.41. The van der Waals surface area contributed by atoms with Crippen LogP contribution in [0.2, 0.25) is 0 Å². The molecule has 2 aromatic rings. The van der Waals surface area contributed by atoms with Crippen LogP contribution < -0.4 is 10.2 Å². The Kier molecular flexibility index (Phi) is 8.04. The molecule has 0 radical (unpaired) electrons. The van der Waals surface area contributed by atoms with Crippen LogP contribution in [0.1, 0.15) is 36.5 Å². The number of aromatic amines is 1. The second-order valence-electron chi connectivity index (χ2n) is 9.02. The molecule has 13 heteroatoms. The second-order valence-corrected chi connectivity index (χ2v) is 9.02. The fourth-order valence-corrected chi connectivity index (χ4v) is 4.24. The van der Waals surface area contributed by atoms with E-state index in [4.69, 9.17) is 6.42 Å². The van der Waals surface area contributed by atoms with Crippen LogP contribution in [0.25, 0.3) is 0 Å². The van der Waals surface area contributed by atoms with Crippen LogP contribution in [-0.4, -0.2) is 74.2 Å². The molecular weight excluding hydrogens is 507 g/mol. The van der Waals surface area contributed by atoms with E-state index in [1.165, 1.54) is 18.2 Å². The number of nitrogens with one attached hydrogen (secondary N) is 2. The van der Waals surface area contributed by atoms with E-state index < -0.39 is 23.7 Å². The Morgan fingerprint density at radius 3 is 2.77 bits per heavy atom. The number of benzene rings is 1. The Balaban J connectivity index is 1.49. The fraction of sp³-hybridized carbons (Fsp3) is 0.308. The fourth-order valence-electron chi connectivity index (χ4n) is 4.24. The van der Waals surface area contributed by atoms with Crippen molar-refractivity contribution in [3.05, 3.63) is 58.7 Å². The maximum Gasteiger partial charge on any atom is 0.326 e. The van der Waals surface area contributed by atoms with Gasteiger partial charge in [-0.3, -0.25) is 9.59 Å². The van der Waals surface area contributed by atoms with Crippen molar-refractivity contribution in [2.24, 2.45) is 15.9 Å². The minimum Gasteiger partial charge on any atom is -0.480 e. The minimum atomic E-state index is -1.29. The Morgan fingerprint density at radius 2 is 2.10 bits per heavy atom. The van der Waals surface area contributed by atoms with Crippen LogP contribution in [-0.2, 0) is 16.0 Å². The normalized spacial score (nSPS) is 17.1. The Hall–Kier alpha value is -4.99. The van der Waals surface area contributed by atoms with Gasteiger partial charge in [0, 0.05) is 24.6 Å². The number of fused-ring (bicyclic) bond motifs is 1. The summed E-state index contributed by atoms with van der Waals surface area (Å²) < 4.78 is 15.1. The van der Waals surface area contributed by atoms with E-state index in [1.54, 1.807) is 17.9 Å². The highest BCUT2D eigenvalue weighted by Crippen LogP contribution is 2.28. The number of carbonyl (C=O) groups is 3. The van der Waals surface area contributed by atoms with Gasteiger partial charge < -0.3 is 15.3 Å². The summed E-state index contributed by atoms with van der Waals surface area (Å²) in [5.41, 5.74) is 2.01. The standard InChI is InChI=1S/C26H25FN8O4/c1-4-9-35(13-16-11-19-22(10-14(16)2)28-15(3)29-25(19)37)17-5-6-18(20(27)12-17)24(36)30-21(26(38)39)7-8-23-31-33-34-32-23/h1,5-6,10-12,16,21H,7-9,13H2,2-3H3,(H,30,36)(H,38,39)(H,31,32,33,34)/t16?,21-/m0/s1. The van der Waals surface area contributed by atoms with Gasteiger partial charge in [-0.2, -0.15) is 10.2 Å². The number of aromatic nitrogens is 4. The van der Waals surface area contributed by atoms with Crippen molar-refractivity contribution in [1.29, 1.82) is 0 Å². The molecule has 4 rings (SSSR count). The largest absolute Gasteiger partial charge is 0.480 e. The van der Waals surface area contributed by atoms with Crippen molar-refractivity contribution in [2.45, 2.75) is 32.7 Å². The van der Waals surface area contributed by atoms with E-state index in [0.29, 0.717) is 29.4 Å². The zero-order valence-corrected chi connectivity index (χ0v) is 21.2. The second kappa shape index (κ2) is 11.6. The number of anilines is 1. The molecule has 39 heavy (non-hydrogen) atoms. The quantitative estimate of drug-likeness (QED) is 0.387. The zero-order chi connectivity index (χ0) is 28.1. The molecule has 1 aromatic heterocycles. The molecule has 0 saturated heterocycles. The van der Waals surface area contributed by atoms with Gasteiger partial charge in [-0.1, -0.05) is 22.8 Å². The maximum atomic E-state index is 15.1. The van der Waals surface area contributed by atoms with E-state index in [2.05, 4.69) is 41.8 Å². The number of aryl methyl sites for hydroxylation is 1. The Morgan fingerprint density at radius 1 is 1.31 bits per heavy atom. The SMILES string of the molecule is C#CCN(CC1C=C2C(=O)N=C(C)N=C2C=C1C)c1ccc(C(=O)N[C@@H](CCc2nn[nH]n2)C(=O)O)c(F)c1. The van der Waals surface area contributed by atoms with Gasteiger partial charge in [-0.25, -0.2) is 14.2 Å². The maximum absolute atomic E-state index is 15.1. The summed E-state index contributed by atoms with van der Waals surface area (Å²) in [5.74, 6) is -0.347. The van der Waals surface area contributed by atoms with Gasteiger partial charge in [0.05, 0.1) is 23.4 Å². The van der Waals surface area contributed by atoms with Gasteiger partial charge in [-0.15, -0.1) is 16.6 Å². The first-order chi connectivity index (χ1) is 18.7. The molecule has 0 fully saturated rings. The summed E-state index contributed by atoms with van der Waals surface area (Å²) in [6.07, 6.45) is 9.32. The lowest BCUT2D eigenvalue weighted by molar-refractivity contribution is -0.139. The third-order valence-electron chi connectivity index (χ3n) is 6.28. The molecule has 2 amide bonds. The molecule has 2 aliphatic rings. The molecule has 0 spiro atoms. The highest BCUT2D eigenvalue weighted by molar-refractivity contribution is 6.32. The number of halogens is 1. The lowest BCUT2D eigenvalue weighted by atomic mass is 9.87. The Labute approximate surface area is 222 Å². The van der Waals surface area contributed by atoms with Crippen LogP contribution >= 0.6 is 0 Å². The Bertz CT molecular complexity index is 1470. The number of nitrogens with zero attached hydrogens (tertiary/aromatic N) is 6. The number of H-pyrrole nitrogens is 1. The minimum absolute atomic E-state index is 0.0141. The van der Waals surface area contributed by atoms with E-state index in [1.807, 2.05) is 13.0 Å². The molecule has 3 N–H and O–H groups in total.